The Bertz CT molecular complexity index is 272. The molecule has 3 aliphatic rings. The molecule has 0 atom stereocenters. The highest BCUT2D eigenvalue weighted by Crippen LogP contribution is 2.25. The van der Waals surface area contributed by atoms with E-state index < -0.39 is 0 Å². The first-order valence-electron chi connectivity index (χ1n) is 9.14. The van der Waals surface area contributed by atoms with Gasteiger partial charge in [-0.1, -0.05) is 39.5 Å². The average molecular weight is 294 g/mol. The summed E-state index contributed by atoms with van der Waals surface area (Å²) in [5, 5.41) is 0. The van der Waals surface area contributed by atoms with Crippen molar-refractivity contribution in [3.63, 3.8) is 0 Å². The Labute approximate surface area is 131 Å². The Balaban J connectivity index is 0.000000161. The van der Waals surface area contributed by atoms with Crippen molar-refractivity contribution in [1.82, 2.24) is 9.80 Å². The first kappa shape index (κ1) is 16.8. The SMILES string of the molecule is C1CCC(N2CCCCC2)CC1.CC(C)C1CN(C=O)C1. The summed E-state index contributed by atoms with van der Waals surface area (Å²) >= 11 is 0. The highest BCUT2D eigenvalue weighted by Gasteiger charge is 2.27. The van der Waals surface area contributed by atoms with Gasteiger partial charge in [0, 0.05) is 19.1 Å². The number of likely N-dealkylation sites (tertiary alicyclic amines) is 2. The summed E-state index contributed by atoms with van der Waals surface area (Å²) in [5.41, 5.74) is 0. The van der Waals surface area contributed by atoms with Gasteiger partial charge in [-0.15, -0.1) is 0 Å². The van der Waals surface area contributed by atoms with Crippen molar-refractivity contribution in [3.05, 3.63) is 0 Å². The van der Waals surface area contributed by atoms with Crippen molar-refractivity contribution in [2.45, 2.75) is 71.3 Å². The molecular weight excluding hydrogens is 260 g/mol. The molecule has 3 nitrogen and oxygen atoms in total. The van der Waals surface area contributed by atoms with Crippen molar-refractivity contribution < 1.29 is 4.79 Å². The average Bonchev–Trinajstić information content (AvgIpc) is 2.48. The van der Waals surface area contributed by atoms with Gasteiger partial charge in [0.1, 0.15) is 0 Å². The molecule has 1 saturated carbocycles. The molecule has 0 aromatic carbocycles. The van der Waals surface area contributed by atoms with Gasteiger partial charge < -0.3 is 9.80 Å². The lowest BCUT2D eigenvalue weighted by Crippen LogP contribution is -2.47. The Kier molecular flexibility index (Phi) is 7.01. The monoisotopic (exact) mass is 294 g/mol. The van der Waals surface area contributed by atoms with Crippen LogP contribution in [0.25, 0.3) is 0 Å². The van der Waals surface area contributed by atoms with E-state index in [9.17, 15) is 4.79 Å². The molecule has 0 aromatic heterocycles. The van der Waals surface area contributed by atoms with Crippen LogP contribution in [0.4, 0.5) is 0 Å². The van der Waals surface area contributed by atoms with Crippen LogP contribution in [0.2, 0.25) is 0 Å². The van der Waals surface area contributed by atoms with Crippen LogP contribution in [0.3, 0.4) is 0 Å². The molecule has 1 aliphatic carbocycles. The largest absolute Gasteiger partial charge is 0.345 e. The summed E-state index contributed by atoms with van der Waals surface area (Å²) in [6.45, 7) is 9.14. The highest BCUT2D eigenvalue weighted by atomic mass is 16.1. The molecule has 0 N–H and O–H groups in total. The third-order valence-corrected chi connectivity index (χ3v) is 5.51. The van der Waals surface area contributed by atoms with E-state index in [2.05, 4.69) is 18.7 Å². The molecule has 0 spiro atoms. The number of hydrogen-bond acceptors (Lipinski definition) is 2. The van der Waals surface area contributed by atoms with Gasteiger partial charge in [-0.3, -0.25) is 4.79 Å². The molecule has 1 amide bonds. The number of amides is 1. The minimum absolute atomic E-state index is 0.737. The van der Waals surface area contributed by atoms with Crippen LogP contribution in [0.5, 0.6) is 0 Å². The third kappa shape index (κ3) is 5.28. The molecule has 122 valence electrons. The number of nitrogens with zero attached hydrogens (tertiary/aromatic N) is 2. The van der Waals surface area contributed by atoms with Crippen LogP contribution in [0, 0.1) is 11.8 Å². The molecule has 2 saturated heterocycles. The maximum Gasteiger partial charge on any atom is 0.209 e. The second-order valence-corrected chi connectivity index (χ2v) is 7.45. The zero-order chi connectivity index (χ0) is 15.1. The maximum absolute atomic E-state index is 10.1. The van der Waals surface area contributed by atoms with E-state index in [4.69, 9.17) is 0 Å². The van der Waals surface area contributed by atoms with E-state index in [0.29, 0.717) is 0 Å². The zero-order valence-electron chi connectivity index (χ0n) is 14.1. The maximum atomic E-state index is 10.1. The summed E-state index contributed by atoms with van der Waals surface area (Å²) in [7, 11) is 0. The van der Waals surface area contributed by atoms with Gasteiger partial charge in [-0.05, 0) is 50.6 Å². The van der Waals surface area contributed by atoms with Crippen LogP contribution in [0.1, 0.15) is 65.2 Å². The van der Waals surface area contributed by atoms with Gasteiger partial charge in [-0.25, -0.2) is 0 Å². The molecule has 0 unspecified atom stereocenters. The standard InChI is InChI=1S/C11H21N.C7H13NO/c1-3-7-11(8-4-1)12-9-5-2-6-10-12;1-6(2)7-3-8(4-7)5-9/h11H,1-10H2;5-7H,3-4H2,1-2H3. The molecule has 3 heteroatoms. The lowest BCUT2D eigenvalue weighted by atomic mass is 9.89. The molecule has 0 radical (unpaired) electrons. The summed E-state index contributed by atoms with van der Waals surface area (Å²) in [4.78, 5) is 14.6. The Hall–Kier alpha value is -0.570. The first-order valence-corrected chi connectivity index (χ1v) is 9.14. The summed E-state index contributed by atoms with van der Waals surface area (Å²) in [6, 6.07) is 0.971. The quantitative estimate of drug-likeness (QED) is 0.743. The van der Waals surface area contributed by atoms with Crippen LogP contribution < -0.4 is 0 Å². The molecule has 3 rings (SSSR count). The fourth-order valence-electron chi connectivity index (χ4n) is 3.79. The van der Waals surface area contributed by atoms with Crippen molar-refractivity contribution in [1.29, 1.82) is 0 Å². The van der Waals surface area contributed by atoms with Crippen molar-refractivity contribution in [3.8, 4) is 0 Å². The lowest BCUT2D eigenvalue weighted by Gasteiger charge is -2.38. The molecule has 0 bridgehead atoms. The summed E-state index contributed by atoms with van der Waals surface area (Å²) in [5.74, 6) is 1.50. The molecule has 3 fully saturated rings. The zero-order valence-corrected chi connectivity index (χ0v) is 14.1. The van der Waals surface area contributed by atoms with Crippen LogP contribution >= 0.6 is 0 Å². The third-order valence-electron chi connectivity index (χ3n) is 5.51. The van der Waals surface area contributed by atoms with Gasteiger partial charge in [0.2, 0.25) is 6.41 Å². The van der Waals surface area contributed by atoms with E-state index in [1.165, 1.54) is 64.5 Å². The smallest absolute Gasteiger partial charge is 0.209 e. The predicted octanol–water partition coefficient (Wildman–Crippen LogP) is 3.54. The highest BCUT2D eigenvalue weighted by molar-refractivity contribution is 5.48. The van der Waals surface area contributed by atoms with Gasteiger partial charge in [0.15, 0.2) is 0 Å². The van der Waals surface area contributed by atoms with E-state index >= 15 is 0 Å². The number of piperidine rings is 1. The Morgan fingerprint density at radius 2 is 1.48 bits per heavy atom. The van der Waals surface area contributed by atoms with Crippen molar-refractivity contribution in [2.24, 2.45) is 11.8 Å². The Morgan fingerprint density at radius 3 is 2.00 bits per heavy atom. The number of carbonyl (C=O) groups is 1. The second-order valence-electron chi connectivity index (χ2n) is 7.45. The van der Waals surface area contributed by atoms with E-state index in [1.807, 2.05) is 4.90 Å². The number of carbonyl (C=O) groups excluding carboxylic acids is 1. The normalized spacial score (nSPS) is 25.2. The van der Waals surface area contributed by atoms with Gasteiger partial charge >= 0.3 is 0 Å². The van der Waals surface area contributed by atoms with Gasteiger partial charge in [0.25, 0.3) is 0 Å². The minimum atomic E-state index is 0.737. The van der Waals surface area contributed by atoms with Crippen molar-refractivity contribution in [2.75, 3.05) is 26.2 Å². The molecule has 21 heavy (non-hydrogen) atoms. The van der Waals surface area contributed by atoms with E-state index in [-0.39, 0.29) is 0 Å². The minimum Gasteiger partial charge on any atom is -0.345 e. The molecule has 2 aliphatic heterocycles. The number of hydrogen-bond donors (Lipinski definition) is 0. The summed E-state index contributed by atoms with van der Waals surface area (Å²) in [6.07, 6.45) is 12.8. The van der Waals surface area contributed by atoms with Gasteiger partial charge in [-0.2, -0.15) is 0 Å². The van der Waals surface area contributed by atoms with Crippen LogP contribution in [0.15, 0.2) is 0 Å². The topological polar surface area (TPSA) is 23.6 Å². The predicted molar refractivity (Wildman–Crippen MR) is 88.3 cm³/mol. The fraction of sp³-hybridized carbons (Fsp3) is 0.944. The lowest BCUT2D eigenvalue weighted by molar-refractivity contribution is -0.124. The number of rotatable bonds is 3. The fourth-order valence-corrected chi connectivity index (χ4v) is 3.79. The van der Waals surface area contributed by atoms with Crippen LogP contribution in [-0.4, -0.2) is 48.4 Å². The van der Waals surface area contributed by atoms with Gasteiger partial charge in [0.05, 0.1) is 0 Å². The molecule has 0 aromatic rings. The van der Waals surface area contributed by atoms with E-state index in [1.54, 1.807) is 0 Å². The van der Waals surface area contributed by atoms with Crippen LogP contribution in [-0.2, 0) is 4.79 Å². The summed E-state index contributed by atoms with van der Waals surface area (Å²) < 4.78 is 0. The van der Waals surface area contributed by atoms with E-state index in [0.717, 1.165) is 37.4 Å². The molecule has 2 heterocycles. The molecular formula is C18H34N2O. The second kappa shape index (κ2) is 8.77. The Morgan fingerprint density at radius 1 is 0.905 bits per heavy atom. The first-order chi connectivity index (χ1) is 10.2. The van der Waals surface area contributed by atoms with Crippen molar-refractivity contribution >= 4 is 6.41 Å².